The Hall–Kier alpha value is -0.940. The predicted octanol–water partition coefficient (Wildman–Crippen LogP) is 1.88. The molecule has 2 heterocycles. The number of hydrogen-bond acceptors (Lipinski definition) is 4. The predicted molar refractivity (Wildman–Crippen MR) is 68.2 cm³/mol. The van der Waals surface area contributed by atoms with Crippen molar-refractivity contribution in [2.75, 3.05) is 6.54 Å². The molecule has 5 nitrogen and oxygen atoms in total. The van der Waals surface area contributed by atoms with E-state index >= 15 is 0 Å². The van der Waals surface area contributed by atoms with Crippen molar-refractivity contribution in [3.05, 3.63) is 11.6 Å². The summed E-state index contributed by atoms with van der Waals surface area (Å²) in [5.41, 5.74) is 5.67. The van der Waals surface area contributed by atoms with Crippen molar-refractivity contribution in [3.63, 3.8) is 0 Å². The number of ether oxygens (including phenoxy) is 1. The van der Waals surface area contributed by atoms with Gasteiger partial charge in [0.2, 0.25) is 0 Å². The highest BCUT2D eigenvalue weighted by molar-refractivity contribution is 5.03. The van der Waals surface area contributed by atoms with Gasteiger partial charge in [0.15, 0.2) is 5.82 Å². The zero-order valence-electron chi connectivity index (χ0n) is 11.0. The molecule has 1 aliphatic carbocycles. The zero-order valence-corrected chi connectivity index (χ0v) is 11.0. The van der Waals surface area contributed by atoms with Crippen LogP contribution in [0.15, 0.2) is 0 Å². The molecule has 2 unspecified atom stereocenters. The Morgan fingerprint density at radius 2 is 2.00 bits per heavy atom. The van der Waals surface area contributed by atoms with Crippen molar-refractivity contribution < 1.29 is 4.74 Å². The number of hydrogen-bond donors (Lipinski definition) is 1. The topological polar surface area (TPSA) is 66.0 Å². The van der Waals surface area contributed by atoms with E-state index in [1.165, 1.54) is 25.7 Å². The maximum atomic E-state index is 5.96. The van der Waals surface area contributed by atoms with Crippen LogP contribution < -0.4 is 5.73 Å². The van der Waals surface area contributed by atoms with Crippen molar-refractivity contribution in [1.29, 1.82) is 0 Å². The molecule has 2 atom stereocenters. The van der Waals surface area contributed by atoms with Crippen LogP contribution in [0.1, 0.15) is 62.3 Å². The minimum Gasteiger partial charge on any atom is -0.366 e. The van der Waals surface area contributed by atoms with Crippen LogP contribution in [0.25, 0.3) is 0 Å². The second-order valence-electron chi connectivity index (χ2n) is 5.47. The van der Waals surface area contributed by atoms with Crippen molar-refractivity contribution in [2.45, 2.75) is 63.7 Å². The summed E-state index contributed by atoms with van der Waals surface area (Å²) in [5, 5.41) is 8.62. The number of aromatic nitrogens is 3. The maximum absolute atomic E-state index is 5.96. The summed E-state index contributed by atoms with van der Waals surface area (Å²) in [6.45, 7) is 2.65. The normalized spacial score (nSPS) is 29.2. The lowest BCUT2D eigenvalue weighted by molar-refractivity contribution is 0.0416. The Morgan fingerprint density at radius 1 is 1.22 bits per heavy atom. The first-order valence-electron chi connectivity index (χ1n) is 7.06. The number of aryl methyl sites for hydroxylation is 1. The minimum atomic E-state index is 0.0975. The summed E-state index contributed by atoms with van der Waals surface area (Å²) in [6.07, 6.45) is 7.49. The molecule has 100 valence electrons. The van der Waals surface area contributed by atoms with Crippen LogP contribution in [-0.2, 0) is 4.74 Å². The molecule has 0 spiro atoms. The van der Waals surface area contributed by atoms with Crippen LogP contribution in [0.4, 0.5) is 0 Å². The fraction of sp³-hybridized carbons (Fsp3) is 0.846. The number of nitrogens with zero attached hydrogens (tertiary/aromatic N) is 3. The van der Waals surface area contributed by atoms with Gasteiger partial charge < -0.3 is 15.0 Å². The molecule has 18 heavy (non-hydrogen) atoms. The molecule has 1 aliphatic heterocycles. The molecule has 1 aromatic rings. The number of nitrogens with two attached hydrogens (primary N) is 1. The monoisotopic (exact) mass is 250 g/mol. The first kappa shape index (κ1) is 12.1. The van der Waals surface area contributed by atoms with E-state index in [1.807, 2.05) is 6.92 Å². The highest BCUT2D eigenvalue weighted by Gasteiger charge is 2.32. The van der Waals surface area contributed by atoms with Gasteiger partial charge in [-0.05, 0) is 32.6 Å². The number of rotatable bonds is 3. The van der Waals surface area contributed by atoms with Gasteiger partial charge in [-0.2, -0.15) is 0 Å². The smallest absolute Gasteiger partial charge is 0.162 e. The molecule has 0 radical (unpaired) electrons. The minimum absolute atomic E-state index is 0.0975. The summed E-state index contributed by atoms with van der Waals surface area (Å²) in [7, 11) is 0. The van der Waals surface area contributed by atoms with E-state index in [-0.39, 0.29) is 12.2 Å². The molecular weight excluding hydrogens is 228 g/mol. The molecule has 0 amide bonds. The third kappa shape index (κ3) is 2.06. The molecule has 1 saturated carbocycles. The van der Waals surface area contributed by atoms with Crippen LogP contribution in [0, 0.1) is 6.92 Å². The van der Waals surface area contributed by atoms with Crippen LogP contribution in [0.3, 0.4) is 0 Å². The van der Waals surface area contributed by atoms with Gasteiger partial charge in [-0.1, -0.05) is 12.8 Å². The zero-order chi connectivity index (χ0) is 12.5. The Balaban J connectivity index is 1.84. The van der Waals surface area contributed by atoms with Crippen molar-refractivity contribution in [1.82, 2.24) is 14.8 Å². The average Bonchev–Trinajstić information content (AvgIpc) is 3.07. The molecule has 2 aliphatic rings. The Morgan fingerprint density at radius 3 is 2.67 bits per heavy atom. The maximum Gasteiger partial charge on any atom is 0.162 e. The molecular formula is C13H22N4O. The van der Waals surface area contributed by atoms with Gasteiger partial charge in [0, 0.05) is 12.6 Å². The lowest BCUT2D eigenvalue weighted by Gasteiger charge is -2.19. The summed E-state index contributed by atoms with van der Waals surface area (Å²) < 4.78 is 8.28. The molecule has 0 bridgehead atoms. The van der Waals surface area contributed by atoms with Crippen LogP contribution in [0.2, 0.25) is 0 Å². The Kier molecular flexibility index (Phi) is 3.35. The van der Waals surface area contributed by atoms with Crippen LogP contribution in [-0.4, -0.2) is 27.4 Å². The third-order valence-electron chi connectivity index (χ3n) is 4.24. The molecule has 2 N–H and O–H groups in total. The average molecular weight is 250 g/mol. The molecule has 1 aromatic heterocycles. The van der Waals surface area contributed by atoms with Gasteiger partial charge in [-0.15, -0.1) is 10.2 Å². The van der Waals surface area contributed by atoms with Gasteiger partial charge in [-0.25, -0.2) is 0 Å². The van der Waals surface area contributed by atoms with Crippen LogP contribution in [0.5, 0.6) is 0 Å². The fourth-order valence-corrected chi connectivity index (χ4v) is 3.29. The quantitative estimate of drug-likeness (QED) is 0.889. The molecule has 5 heteroatoms. The summed E-state index contributed by atoms with van der Waals surface area (Å²) >= 11 is 0. The first-order chi connectivity index (χ1) is 8.79. The molecule has 2 fully saturated rings. The van der Waals surface area contributed by atoms with Gasteiger partial charge in [-0.3, -0.25) is 0 Å². The van der Waals surface area contributed by atoms with Gasteiger partial charge in [0.05, 0.1) is 6.10 Å². The molecule has 3 rings (SSSR count). The Labute approximate surface area is 108 Å². The molecule has 0 aromatic carbocycles. The van der Waals surface area contributed by atoms with Gasteiger partial charge in [0.25, 0.3) is 0 Å². The summed E-state index contributed by atoms with van der Waals surface area (Å²) in [6, 6.07) is 0.579. The summed E-state index contributed by atoms with van der Waals surface area (Å²) in [4.78, 5) is 0. The fourth-order valence-electron chi connectivity index (χ4n) is 3.29. The van der Waals surface area contributed by atoms with E-state index < -0.39 is 0 Å². The SMILES string of the molecule is Cc1nnc(C2CCC(CN)O2)n1C1CCCC1. The Bertz CT molecular complexity index is 411. The van der Waals surface area contributed by atoms with E-state index in [1.54, 1.807) is 0 Å². The highest BCUT2D eigenvalue weighted by atomic mass is 16.5. The van der Waals surface area contributed by atoms with Gasteiger partial charge in [0.1, 0.15) is 11.9 Å². The van der Waals surface area contributed by atoms with E-state index in [9.17, 15) is 0 Å². The van der Waals surface area contributed by atoms with E-state index in [0.717, 1.165) is 24.5 Å². The largest absolute Gasteiger partial charge is 0.366 e. The standard InChI is InChI=1S/C13H22N4O/c1-9-15-16-13(12-7-6-11(8-14)18-12)17(9)10-4-2-3-5-10/h10-12H,2-8,14H2,1H3. The molecule has 1 saturated heterocycles. The van der Waals surface area contributed by atoms with E-state index in [0.29, 0.717) is 12.6 Å². The lowest BCUT2D eigenvalue weighted by atomic mass is 10.1. The van der Waals surface area contributed by atoms with E-state index in [2.05, 4.69) is 14.8 Å². The van der Waals surface area contributed by atoms with Crippen molar-refractivity contribution >= 4 is 0 Å². The third-order valence-corrected chi connectivity index (χ3v) is 4.24. The lowest BCUT2D eigenvalue weighted by Crippen LogP contribution is -2.20. The second-order valence-corrected chi connectivity index (χ2v) is 5.47. The van der Waals surface area contributed by atoms with Gasteiger partial charge >= 0.3 is 0 Å². The van der Waals surface area contributed by atoms with Crippen molar-refractivity contribution in [3.8, 4) is 0 Å². The summed E-state index contributed by atoms with van der Waals surface area (Å²) in [5.74, 6) is 2.05. The first-order valence-corrected chi connectivity index (χ1v) is 7.06. The van der Waals surface area contributed by atoms with Crippen molar-refractivity contribution in [2.24, 2.45) is 5.73 Å². The highest BCUT2D eigenvalue weighted by Crippen LogP contribution is 2.37. The second kappa shape index (κ2) is 4.97. The van der Waals surface area contributed by atoms with E-state index in [4.69, 9.17) is 10.5 Å². The van der Waals surface area contributed by atoms with Crippen LogP contribution >= 0.6 is 0 Å².